The molecule has 1 unspecified atom stereocenters. The Bertz CT molecular complexity index is 787. The second kappa shape index (κ2) is 8.41. The van der Waals surface area contributed by atoms with Gasteiger partial charge in [0.1, 0.15) is 11.5 Å². The summed E-state index contributed by atoms with van der Waals surface area (Å²) in [5, 5.41) is 6.04. The SMILES string of the molecule is CCCC(=O)Nc1c(Cl)cc(Cl)cc1C(=O)NC(C)c1ccc(C)o1. The molecule has 0 aliphatic heterocycles. The first kappa shape index (κ1) is 19.3. The molecule has 0 spiro atoms. The van der Waals surface area contributed by atoms with Gasteiger partial charge in [-0.05, 0) is 44.5 Å². The van der Waals surface area contributed by atoms with Crippen LogP contribution in [-0.4, -0.2) is 11.8 Å². The van der Waals surface area contributed by atoms with Gasteiger partial charge < -0.3 is 15.1 Å². The molecule has 0 saturated carbocycles. The van der Waals surface area contributed by atoms with Crippen LogP contribution in [-0.2, 0) is 4.79 Å². The number of carbonyl (C=O) groups excluding carboxylic acids is 2. The Balaban J connectivity index is 2.26. The van der Waals surface area contributed by atoms with Crippen molar-refractivity contribution in [3.8, 4) is 0 Å². The van der Waals surface area contributed by atoms with Crippen LogP contribution >= 0.6 is 23.2 Å². The first-order chi connectivity index (χ1) is 11.8. The Kier molecular flexibility index (Phi) is 6.51. The van der Waals surface area contributed by atoms with E-state index in [0.29, 0.717) is 23.6 Å². The van der Waals surface area contributed by atoms with Crippen molar-refractivity contribution in [2.45, 2.75) is 39.7 Å². The van der Waals surface area contributed by atoms with Gasteiger partial charge in [-0.15, -0.1) is 0 Å². The molecular formula is C18H20Cl2N2O3. The summed E-state index contributed by atoms with van der Waals surface area (Å²) in [7, 11) is 0. The fourth-order valence-corrected chi connectivity index (χ4v) is 2.88. The zero-order valence-corrected chi connectivity index (χ0v) is 15.8. The quantitative estimate of drug-likeness (QED) is 0.727. The molecule has 2 N–H and O–H groups in total. The Morgan fingerprint density at radius 3 is 2.56 bits per heavy atom. The zero-order valence-electron chi connectivity index (χ0n) is 14.3. The van der Waals surface area contributed by atoms with Crippen LogP contribution in [0.2, 0.25) is 10.0 Å². The highest BCUT2D eigenvalue weighted by Crippen LogP contribution is 2.31. The van der Waals surface area contributed by atoms with E-state index < -0.39 is 5.91 Å². The first-order valence-electron chi connectivity index (χ1n) is 7.98. The van der Waals surface area contributed by atoms with Gasteiger partial charge in [-0.25, -0.2) is 0 Å². The molecule has 0 radical (unpaired) electrons. The summed E-state index contributed by atoms with van der Waals surface area (Å²) >= 11 is 12.2. The van der Waals surface area contributed by atoms with Crippen LogP contribution in [0.4, 0.5) is 5.69 Å². The molecule has 5 nitrogen and oxygen atoms in total. The van der Waals surface area contributed by atoms with Gasteiger partial charge in [0.25, 0.3) is 5.91 Å². The molecule has 0 bridgehead atoms. The molecular weight excluding hydrogens is 363 g/mol. The molecule has 1 atom stereocenters. The molecule has 2 aromatic rings. The zero-order chi connectivity index (χ0) is 18.6. The van der Waals surface area contributed by atoms with Crippen LogP contribution in [0.15, 0.2) is 28.7 Å². The smallest absolute Gasteiger partial charge is 0.254 e. The second-order valence-electron chi connectivity index (χ2n) is 5.75. The van der Waals surface area contributed by atoms with E-state index in [-0.39, 0.29) is 28.2 Å². The highest BCUT2D eigenvalue weighted by atomic mass is 35.5. The molecule has 134 valence electrons. The monoisotopic (exact) mass is 382 g/mol. The molecule has 1 aromatic heterocycles. The molecule has 7 heteroatoms. The number of furan rings is 1. The maximum atomic E-state index is 12.7. The summed E-state index contributed by atoms with van der Waals surface area (Å²) in [6.45, 7) is 5.53. The summed E-state index contributed by atoms with van der Waals surface area (Å²) in [5.41, 5.74) is 0.460. The normalized spacial score (nSPS) is 11.9. The van der Waals surface area contributed by atoms with E-state index in [1.807, 2.05) is 19.9 Å². The van der Waals surface area contributed by atoms with Crippen LogP contribution in [0.1, 0.15) is 54.6 Å². The maximum Gasteiger partial charge on any atom is 0.254 e. The Morgan fingerprint density at radius 1 is 1.24 bits per heavy atom. The third-order valence-corrected chi connectivity index (χ3v) is 4.09. The standard InChI is InChI=1S/C18H20Cl2N2O3/c1-4-5-16(23)22-17-13(8-12(19)9-14(17)20)18(24)21-11(3)15-7-6-10(2)25-15/h6-9,11H,4-5H2,1-3H3,(H,21,24)(H,22,23). The number of hydrogen-bond donors (Lipinski definition) is 2. The molecule has 0 aliphatic rings. The predicted octanol–water partition coefficient (Wildman–Crippen LogP) is 5.12. The van der Waals surface area contributed by atoms with Crippen LogP contribution in [0, 0.1) is 6.92 Å². The average Bonchev–Trinajstić information content (AvgIpc) is 2.96. The van der Waals surface area contributed by atoms with Crippen molar-refractivity contribution in [1.82, 2.24) is 5.32 Å². The van der Waals surface area contributed by atoms with Crippen LogP contribution < -0.4 is 10.6 Å². The average molecular weight is 383 g/mol. The van der Waals surface area contributed by atoms with Crippen LogP contribution in [0.3, 0.4) is 0 Å². The van der Waals surface area contributed by atoms with Gasteiger partial charge >= 0.3 is 0 Å². The molecule has 0 saturated heterocycles. The minimum absolute atomic E-state index is 0.206. The topological polar surface area (TPSA) is 71.3 Å². The van der Waals surface area contributed by atoms with E-state index in [1.165, 1.54) is 12.1 Å². The summed E-state index contributed by atoms with van der Waals surface area (Å²) in [5.74, 6) is 0.776. The maximum absolute atomic E-state index is 12.7. The van der Waals surface area contributed by atoms with Crippen molar-refractivity contribution in [2.75, 3.05) is 5.32 Å². The fraction of sp³-hybridized carbons (Fsp3) is 0.333. The number of aryl methyl sites for hydroxylation is 1. The van der Waals surface area contributed by atoms with Crippen molar-refractivity contribution in [1.29, 1.82) is 0 Å². The summed E-state index contributed by atoms with van der Waals surface area (Å²) < 4.78 is 5.52. The van der Waals surface area contributed by atoms with E-state index in [0.717, 1.165) is 5.76 Å². The third kappa shape index (κ3) is 5.00. The van der Waals surface area contributed by atoms with Gasteiger partial charge in [-0.1, -0.05) is 30.1 Å². The van der Waals surface area contributed by atoms with Gasteiger partial charge in [-0.3, -0.25) is 9.59 Å². The van der Waals surface area contributed by atoms with Gasteiger partial charge in [0.05, 0.1) is 22.3 Å². The van der Waals surface area contributed by atoms with Gasteiger partial charge in [-0.2, -0.15) is 0 Å². The second-order valence-corrected chi connectivity index (χ2v) is 6.60. The van der Waals surface area contributed by atoms with Gasteiger partial charge in [0, 0.05) is 11.4 Å². The van der Waals surface area contributed by atoms with E-state index in [1.54, 1.807) is 13.0 Å². The number of hydrogen-bond acceptors (Lipinski definition) is 3. The number of halogens is 2. The minimum Gasteiger partial charge on any atom is -0.464 e. The van der Waals surface area contributed by atoms with E-state index in [2.05, 4.69) is 10.6 Å². The van der Waals surface area contributed by atoms with E-state index >= 15 is 0 Å². The molecule has 2 amide bonds. The Morgan fingerprint density at radius 2 is 1.96 bits per heavy atom. The lowest BCUT2D eigenvalue weighted by Gasteiger charge is -2.16. The van der Waals surface area contributed by atoms with Crippen molar-refractivity contribution in [3.63, 3.8) is 0 Å². The van der Waals surface area contributed by atoms with E-state index in [9.17, 15) is 9.59 Å². The number of amides is 2. The molecule has 1 aromatic carbocycles. The summed E-state index contributed by atoms with van der Waals surface area (Å²) in [4.78, 5) is 24.6. The van der Waals surface area contributed by atoms with E-state index in [4.69, 9.17) is 27.6 Å². The van der Waals surface area contributed by atoms with Crippen molar-refractivity contribution in [3.05, 3.63) is 51.4 Å². The minimum atomic E-state index is -0.405. The number of benzene rings is 1. The third-order valence-electron chi connectivity index (χ3n) is 3.58. The number of carbonyl (C=O) groups is 2. The lowest BCUT2D eigenvalue weighted by atomic mass is 10.1. The number of rotatable bonds is 6. The predicted molar refractivity (Wildman–Crippen MR) is 99.3 cm³/mol. The first-order valence-corrected chi connectivity index (χ1v) is 8.73. The molecule has 1 heterocycles. The van der Waals surface area contributed by atoms with Crippen LogP contribution in [0.25, 0.3) is 0 Å². The number of nitrogens with one attached hydrogen (secondary N) is 2. The van der Waals surface area contributed by atoms with Crippen molar-refractivity contribution >= 4 is 40.7 Å². The van der Waals surface area contributed by atoms with Gasteiger partial charge in [0.15, 0.2) is 0 Å². The summed E-state index contributed by atoms with van der Waals surface area (Å²) in [6.07, 6.45) is 1.02. The highest BCUT2D eigenvalue weighted by molar-refractivity contribution is 6.38. The Labute approximate surface area is 156 Å². The lowest BCUT2D eigenvalue weighted by Crippen LogP contribution is -2.28. The lowest BCUT2D eigenvalue weighted by molar-refractivity contribution is -0.116. The highest BCUT2D eigenvalue weighted by Gasteiger charge is 2.20. The van der Waals surface area contributed by atoms with Crippen molar-refractivity contribution < 1.29 is 14.0 Å². The summed E-state index contributed by atoms with van der Waals surface area (Å²) in [6, 6.07) is 6.24. The molecule has 0 fully saturated rings. The fourth-order valence-electron chi connectivity index (χ4n) is 2.34. The number of anilines is 1. The largest absolute Gasteiger partial charge is 0.464 e. The molecule has 25 heavy (non-hydrogen) atoms. The van der Waals surface area contributed by atoms with Gasteiger partial charge in [0.2, 0.25) is 5.91 Å². The van der Waals surface area contributed by atoms with Crippen LogP contribution in [0.5, 0.6) is 0 Å². The van der Waals surface area contributed by atoms with Crippen molar-refractivity contribution in [2.24, 2.45) is 0 Å². The molecule has 2 rings (SSSR count). The molecule has 0 aliphatic carbocycles. The Hall–Kier alpha value is -1.98.